The molecule has 2 aliphatic heterocycles. The molecular weight excluding hydrogens is 200 g/mol. The van der Waals surface area contributed by atoms with E-state index in [0.29, 0.717) is 0 Å². The maximum atomic E-state index is 5.17. The van der Waals surface area contributed by atoms with Crippen molar-refractivity contribution < 1.29 is 4.74 Å². The molecule has 0 amide bonds. The van der Waals surface area contributed by atoms with Crippen LogP contribution in [-0.2, 0) is 4.74 Å². The van der Waals surface area contributed by atoms with E-state index in [-0.39, 0.29) is 0 Å². The molecule has 0 radical (unpaired) electrons. The van der Waals surface area contributed by atoms with Crippen LogP contribution in [-0.4, -0.2) is 50.8 Å². The van der Waals surface area contributed by atoms with Crippen LogP contribution in [0.3, 0.4) is 0 Å². The van der Waals surface area contributed by atoms with Crippen molar-refractivity contribution in [3.63, 3.8) is 0 Å². The molecule has 16 heavy (non-hydrogen) atoms. The number of rotatable bonds is 4. The van der Waals surface area contributed by atoms with Crippen LogP contribution in [0.1, 0.15) is 25.7 Å². The van der Waals surface area contributed by atoms with Crippen LogP contribution in [0.2, 0.25) is 0 Å². The zero-order valence-electron chi connectivity index (χ0n) is 10.4. The van der Waals surface area contributed by atoms with E-state index < -0.39 is 0 Å². The molecule has 0 aromatic heterocycles. The normalized spacial score (nSPS) is 27.8. The van der Waals surface area contributed by atoms with E-state index in [9.17, 15) is 0 Å². The van der Waals surface area contributed by atoms with Gasteiger partial charge in [-0.1, -0.05) is 12.5 Å². The van der Waals surface area contributed by atoms with Gasteiger partial charge < -0.3 is 10.1 Å². The number of hydrogen-bond donors (Lipinski definition) is 1. The van der Waals surface area contributed by atoms with Crippen molar-refractivity contribution in [3.8, 4) is 0 Å². The molecule has 1 saturated heterocycles. The molecule has 0 bridgehead atoms. The fourth-order valence-corrected chi connectivity index (χ4v) is 2.63. The van der Waals surface area contributed by atoms with Crippen molar-refractivity contribution in [2.75, 3.05) is 39.9 Å². The molecule has 92 valence electrons. The third kappa shape index (κ3) is 3.58. The molecule has 1 fully saturated rings. The molecule has 0 saturated carbocycles. The van der Waals surface area contributed by atoms with E-state index in [0.717, 1.165) is 19.2 Å². The Morgan fingerprint density at radius 2 is 2.44 bits per heavy atom. The average Bonchev–Trinajstić information content (AvgIpc) is 2.33. The molecule has 0 aliphatic carbocycles. The van der Waals surface area contributed by atoms with Crippen LogP contribution in [0.15, 0.2) is 11.6 Å². The minimum Gasteiger partial charge on any atom is -0.380 e. The topological polar surface area (TPSA) is 24.5 Å². The van der Waals surface area contributed by atoms with E-state index >= 15 is 0 Å². The first-order chi connectivity index (χ1) is 7.88. The lowest BCUT2D eigenvalue weighted by Gasteiger charge is -2.32. The number of ether oxygens (including phenoxy) is 1. The zero-order chi connectivity index (χ0) is 11.2. The van der Waals surface area contributed by atoms with Crippen molar-refractivity contribution in [3.05, 3.63) is 11.6 Å². The van der Waals surface area contributed by atoms with Crippen molar-refractivity contribution in [1.82, 2.24) is 10.2 Å². The van der Waals surface area contributed by atoms with E-state index in [1.165, 1.54) is 50.9 Å². The monoisotopic (exact) mass is 224 g/mol. The van der Waals surface area contributed by atoms with E-state index in [4.69, 9.17) is 4.74 Å². The van der Waals surface area contributed by atoms with Gasteiger partial charge in [0.05, 0.1) is 6.61 Å². The van der Waals surface area contributed by atoms with E-state index in [1.807, 2.05) is 0 Å². The smallest absolute Gasteiger partial charge is 0.0673 e. The Bertz CT molecular complexity index is 234. The molecule has 2 aliphatic rings. The summed E-state index contributed by atoms with van der Waals surface area (Å²) in [6.07, 6.45) is 7.63. The maximum absolute atomic E-state index is 5.17. The predicted octanol–water partition coefficient (Wildman–Crippen LogP) is 1.41. The number of hydrogen-bond acceptors (Lipinski definition) is 3. The van der Waals surface area contributed by atoms with E-state index in [2.05, 4.69) is 16.3 Å². The highest BCUT2D eigenvalue weighted by molar-refractivity contribution is 5.07. The highest BCUT2D eigenvalue weighted by Gasteiger charge is 2.18. The first-order valence-corrected chi connectivity index (χ1v) is 6.51. The summed E-state index contributed by atoms with van der Waals surface area (Å²) >= 11 is 0. The lowest BCUT2D eigenvalue weighted by Crippen LogP contribution is -2.44. The van der Waals surface area contributed by atoms with Crippen LogP contribution >= 0.6 is 0 Å². The number of nitrogens with zero attached hydrogens (tertiary/aromatic N) is 1. The van der Waals surface area contributed by atoms with Gasteiger partial charge >= 0.3 is 0 Å². The summed E-state index contributed by atoms with van der Waals surface area (Å²) in [7, 11) is 1.78. The molecule has 0 aromatic rings. The Labute approximate surface area is 98.8 Å². The third-order valence-electron chi connectivity index (χ3n) is 3.61. The Hall–Kier alpha value is -0.380. The Morgan fingerprint density at radius 1 is 1.50 bits per heavy atom. The van der Waals surface area contributed by atoms with Gasteiger partial charge in [0, 0.05) is 32.8 Å². The quantitative estimate of drug-likeness (QED) is 0.731. The predicted molar refractivity (Wildman–Crippen MR) is 66.7 cm³/mol. The minimum atomic E-state index is 0.728. The van der Waals surface area contributed by atoms with Gasteiger partial charge in [-0.15, -0.1) is 0 Å². The van der Waals surface area contributed by atoms with Crippen molar-refractivity contribution in [2.24, 2.45) is 0 Å². The van der Waals surface area contributed by atoms with Gasteiger partial charge in [0.2, 0.25) is 0 Å². The first kappa shape index (κ1) is 12.1. The summed E-state index contributed by atoms with van der Waals surface area (Å²) in [6, 6.07) is 0.728. The lowest BCUT2D eigenvalue weighted by molar-refractivity contribution is 0.203. The number of nitrogens with one attached hydrogen (secondary N) is 1. The Kier molecular flexibility index (Phi) is 4.82. The molecule has 0 spiro atoms. The van der Waals surface area contributed by atoms with Crippen molar-refractivity contribution in [2.45, 2.75) is 31.7 Å². The molecule has 3 nitrogen and oxygen atoms in total. The van der Waals surface area contributed by atoms with Gasteiger partial charge in [0.25, 0.3) is 0 Å². The highest BCUT2D eigenvalue weighted by atomic mass is 16.5. The van der Waals surface area contributed by atoms with Gasteiger partial charge in [0.1, 0.15) is 0 Å². The molecule has 1 unspecified atom stereocenters. The maximum Gasteiger partial charge on any atom is 0.0673 e. The molecule has 1 N–H and O–H groups in total. The SMILES string of the molecule is COCC1=CCN(CC2CCCCN2)CC1. The van der Waals surface area contributed by atoms with Gasteiger partial charge in [-0.05, 0) is 31.4 Å². The van der Waals surface area contributed by atoms with E-state index in [1.54, 1.807) is 7.11 Å². The summed E-state index contributed by atoms with van der Waals surface area (Å²) in [5.41, 5.74) is 1.47. The third-order valence-corrected chi connectivity index (χ3v) is 3.61. The van der Waals surface area contributed by atoms with Crippen molar-refractivity contribution in [1.29, 1.82) is 0 Å². The second-order valence-corrected chi connectivity index (χ2v) is 4.95. The Balaban J connectivity index is 1.71. The highest BCUT2D eigenvalue weighted by Crippen LogP contribution is 2.14. The van der Waals surface area contributed by atoms with Crippen LogP contribution < -0.4 is 5.32 Å². The largest absolute Gasteiger partial charge is 0.380 e. The Morgan fingerprint density at radius 3 is 3.06 bits per heavy atom. The fraction of sp³-hybridized carbons (Fsp3) is 0.846. The molecule has 3 heteroatoms. The molecule has 0 aromatic carbocycles. The number of methoxy groups -OCH3 is 1. The number of piperidine rings is 1. The summed E-state index contributed by atoms with van der Waals surface area (Å²) in [5, 5.41) is 3.62. The van der Waals surface area contributed by atoms with Gasteiger partial charge in [-0.25, -0.2) is 0 Å². The summed E-state index contributed by atoms with van der Waals surface area (Å²) < 4.78 is 5.17. The van der Waals surface area contributed by atoms with Crippen molar-refractivity contribution >= 4 is 0 Å². The van der Waals surface area contributed by atoms with Gasteiger partial charge in [0.15, 0.2) is 0 Å². The second-order valence-electron chi connectivity index (χ2n) is 4.95. The summed E-state index contributed by atoms with van der Waals surface area (Å²) in [5.74, 6) is 0. The first-order valence-electron chi connectivity index (χ1n) is 6.51. The summed E-state index contributed by atoms with van der Waals surface area (Å²) in [6.45, 7) is 5.56. The molecule has 2 rings (SSSR count). The molecular formula is C13H24N2O. The molecule has 1 atom stereocenters. The summed E-state index contributed by atoms with van der Waals surface area (Å²) in [4.78, 5) is 2.56. The van der Waals surface area contributed by atoms with Crippen LogP contribution in [0, 0.1) is 0 Å². The van der Waals surface area contributed by atoms with Gasteiger partial charge in [-0.3, -0.25) is 4.90 Å². The van der Waals surface area contributed by atoms with Crippen LogP contribution in [0.25, 0.3) is 0 Å². The zero-order valence-corrected chi connectivity index (χ0v) is 10.4. The molecule has 2 heterocycles. The van der Waals surface area contributed by atoms with Crippen LogP contribution in [0.5, 0.6) is 0 Å². The fourth-order valence-electron chi connectivity index (χ4n) is 2.63. The van der Waals surface area contributed by atoms with Gasteiger partial charge in [-0.2, -0.15) is 0 Å². The lowest BCUT2D eigenvalue weighted by atomic mass is 10.0. The second kappa shape index (κ2) is 6.38. The minimum absolute atomic E-state index is 0.728. The van der Waals surface area contributed by atoms with Crippen LogP contribution in [0.4, 0.5) is 0 Å². The standard InChI is InChI=1S/C13H24N2O/c1-16-11-12-5-8-15(9-6-12)10-13-4-2-3-7-14-13/h5,13-14H,2-4,6-11H2,1H3. The average molecular weight is 224 g/mol.